The number of rotatable bonds is 4. The summed E-state index contributed by atoms with van der Waals surface area (Å²) in [5.74, 6) is 0.694. The molecule has 1 heterocycles. The summed E-state index contributed by atoms with van der Waals surface area (Å²) in [5, 5.41) is 0. The van der Waals surface area contributed by atoms with Gasteiger partial charge in [-0.25, -0.2) is 4.98 Å². The third-order valence-electron chi connectivity index (χ3n) is 2.48. The molecule has 0 radical (unpaired) electrons. The van der Waals surface area contributed by atoms with Crippen LogP contribution in [0.5, 0.6) is 0 Å². The van der Waals surface area contributed by atoms with Crippen molar-refractivity contribution in [1.82, 2.24) is 9.97 Å². The first-order valence-corrected chi connectivity index (χ1v) is 5.83. The van der Waals surface area contributed by atoms with Gasteiger partial charge < -0.3 is 9.88 Å². The molecule has 0 aliphatic heterocycles. The van der Waals surface area contributed by atoms with Gasteiger partial charge >= 0.3 is 0 Å². The predicted octanol–water partition coefficient (Wildman–Crippen LogP) is 2.16. The van der Waals surface area contributed by atoms with Gasteiger partial charge in [0.2, 0.25) is 0 Å². The maximum Gasteiger partial charge on any atom is 0.267 e. The summed E-state index contributed by atoms with van der Waals surface area (Å²) in [6, 6.07) is 0.376. The molecule has 15 heavy (non-hydrogen) atoms. The van der Waals surface area contributed by atoms with Crippen molar-refractivity contribution in [3.8, 4) is 0 Å². The van der Waals surface area contributed by atoms with Crippen LogP contribution in [-0.4, -0.2) is 23.1 Å². The average Bonchev–Trinajstić information content (AvgIpc) is 2.21. The van der Waals surface area contributed by atoms with Gasteiger partial charge in [0.05, 0.1) is 6.33 Å². The molecule has 0 spiro atoms. The Bertz CT molecular complexity index is 377. The molecule has 0 aliphatic rings. The highest BCUT2D eigenvalue weighted by molar-refractivity contribution is 9.10. The second-order valence-corrected chi connectivity index (χ2v) is 4.41. The van der Waals surface area contributed by atoms with Crippen LogP contribution < -0.4 is 10.5 Å². The van der Waals surface area contributed by atoms with Gasteiger partial charge in [0, 0.05) is 13.1 Å². The van der Waals surface area contributed by atoms with E-state index in [1.54, 1.807) is 0 Å². The summed E-state index contributed by atoms with van der Waals surface area (Å²) >= 11 is 3.25. The molecule has 4 nitrogen and oxygen atoms in total. The lowest BCUT2D eigenvalue weighted by Crippen LogP contribution is -2.31. The Labute approximate surface area is 97.8 Å². The van der Waals surface area contributed by atoms with Gasteiger partial charge in [0.1, 0.15) is 10.3 Å². The molecule has 1 atom stereocenters. The minimum absolute atomic E-state index is 0.143. The lowest BCUT2D eigenvalue weighted by atomic mass is 10.2. The summed E-state index contributed by atoms with van der Waals surface area (Å²) in [7, 11) is 1.95. The van der Waals surface area contributed by atoms with Crippen molar-refractivity contribution in [2.24, 2.45) is 0 Å². The molecule has 0 amide bonds. The van der Waals surface area contributed by atoms with Gasteiger partial charge in [0.25, 0.3) is 5.56 Å². The standard InChI is InChI=1S/C10H16BrN3O/c1-4-5-7(2)14(3)9-8(11)10(15)13-6-12-9/h6-7H,4-5H2,1-3H3,(H,12,13,15). The van der Waals surface area contributed by atoms with Gasteiger partial charge in [0.15, 0.2) is 0 Å². The van der Waals surface area contributed by atoms with Crippen molar-refractivity contribution in [3.63, 3.8) is 0 Å². The smallest absolute Gasteiger partial charge is 0.267 e. The molecule has 84 valence electrons. The van der Waals surface area contributed by atoms with Crippen LogP contribution in [0.1, 0.15) is 26.7 Å². The maximum absolute atomic E-state index is 11.4. The first kappa shape index (κ1) is 12.2. The number of halogens is 1. The van der Waals surface area contributed by atoms with E-state index in [0.717, 1.165) is 12.8 Å². The number of hydrogen-bond acceptors (Lipinski definition) is 3. The number of aromatic amines is 1. The molecule has 1 aromatic heterocycles. The fourth-order valence-electron chi connectivity index (χ4n) is 1.44. The van der Waals surface area contributed by atoms with E-state index in [9.17, 15) is 4.79 Å². The van der Waals surface area contributed by atoms with E-state index in [1.165, 1.54) is 6.33 Å². The Morgan fingerprint density at radius 1 is 1.67 bits per heavy atom. The molecule has 0 aromatic carbocycles. The molecule has 0 fully saturated rings. The van der Waals surface area contributed by atoms with Gasteiger partial charge in [-0.15, -0.1) is 0 Å². The fourth-order valence-corrected chi connectivity index (χ4v) is 1.94. The van der Waals surface area contributed by atoms with Crippen LogP contribution in [0.3, 0.4) is 0 Å². The SMILES string of the molecule is CCCC(C)N(C)c1nc[nH]c(=O)c1Br. The molecule has 0 saturated carbocycles. The monoisotopic (exact) mass is 273 g/mol. The Morgan fingerprint density at radius 3 is 2.93 bits per heavy atom. The van der Waals surface area contributed by atoms with Crippen LogP contribution in [0.2, 0.25) is 0 Å². The zero-order chi connectivity index (χ0) is 11.4. The van der Waals surface area contributed by atoms with Crippen molar-refractivity contribution in [2.75, 3.05) is 11.9 Å². The second kappa shape index (κ2) is 5.30. The highest BCUT2D eigenvalue weighted by Crippen LogP contribution is 2.20. The van der Waals surface area contributed by atoms with Crippen LogP contribution >= 0.6 is 15.9 Å². The largest absolute Gasteiger partial charge is 0.356 e. The topological polar surface area (TPSA) is 49.0 Å². The van der Waals surface area contributed by atoms with Gasteiger partial charge in [-0.2, -0.15) is 0 Å². The van der Waals surface area contributed by atoms with E-state index in [2.05, 4.69) is 39.7 Å². The van der Waals surface area contributed by atoms with Crippen molar-refractivity contribution >= 4 is 21.7 Å². The van der Waals surface area contributed by atoms with Crippen molar-refractivity contribution in [2.45, 2.75) is 32.7 Å². The zero-order valence-electron chi connectivity index (χ0n) is 9.25. The Hall–Kier alpha value is -0.840. The van der Waals surface area contributed by atoms with Gasteiger partial charge in [-0.1, -0.05) is 13.3 Å². The summed E-state index contributed by atoms with van der Waals surface area (Å²) in [5.41, 5.74) is -0.143. The molecule has 1 unspecified atom stereocenters. The molecule has 1 rings (SSSR count). The number of aromatic nitrogens is 2. The molecular formula is C10H16BrN3O. The van der Waals surface area contributed by atoms with E-state index >= 15 is 0 Å². The third-order valence-corrected chi connectivity index (χ3v) is 3.19. The van der Waals surface area contributed by atoms with E-state index in [-0.39, 0.29) is 5.56 Å². The number of nitrogens with one attached hydrogen (secondary N) is 1. The summed E-state index contributed by atoms with van der Waals surface area (Å²) in [4.78, 5) is 20.1. The highest BCUT2D eigenvalue weighted by atomic mass is 79.9. The number of nitrogens with zero attached hydrogens (tertiary/aromatic N) is 2. The Morgan fingerprint density at radius 2 is 2.33 bits per heavy atom. The number of H-pyrrole nitrogens is 1. The number of hydrogen-bond donors (Lipinski definition) is 1. The van der Waals surface area contributed by atoms with E-state index in [1.807, 2.05) is 11.9 Å². The van der Waals surface area contributed by atoms with E-state index in [4.69, 9.17) is 0 Å². The van der Waals surface area contributed by atoms with Crippen LogP contribution in [-0.2, 0) is 0 Å². The molecule has 0 saturated heterocycles. The zero-order valence-corrected chi connectivity index (χ0v) is 10.8. The molecule has 0 aliphatic carbocycles. The number of anilines is 1. The molecular weight excluding hydrogens is 258 g/mol. The minimum Gasteiger partial charge on any atom is -0.356 e. The van der Waals surface area contributed by atoms with Crippen molar-refractivity contribution in [3.05, 3.63) is 21.2 Å². The van der Waals surface area contributed by atoms with Crippen LogP contribution in [0, 0.1) is 0 Å². The maximum atomic E-state index is 11.4. The summed E-state index contributed by atoms with van der Waals surface area (Å²) in [6.45, 7) is 4.27. The summed E-state index contributed by atoms with van der Waals surface area (Å²) in [6.07, 6.45) is 3.63. The van der Waals surface area contributed by atoms with E-state index in [0.29, 0.717) is 16.3 Å². The van der Waals surface area contributed by atoms with Crippen LogP contribution in [0.15, 0.2) is 15.6 Å². The molecule has 5 heteroatoms. The second-order valence-electron chi connectivity index (χ2n) is 3.62. The molecule has 1 aromatic rings. The lowest BCUT2D eigenvalue weighted by molar-refractivity contribution is 0.609. The third kappa shape index (κ3) is 2.81. The normalized spacial score (nSPS) is 12.5. The fraction of sp³-hybridized carbons (Fsp3) is 0.600. The molecule has 0 bridgehead atoms. The average molecular weight is 274 g/mol. The van der Waals surface area contributed by atoms with Crippen molar-refractivity contribution in [1.29, 1.82) is 0 Å². The summed E-state index contributed by atoms with van der Waals surface area (Å²) < 4.78 is 0.496. The quantitative estimate of drug-likeness (QED) is 0.915. The molecule has 1 N–H and O–H groups in total. The van der Waals surface area contributed by atoms with Crippen molar-refractivity contribution < 1.29 is 0 Å². The van der Waals surface area contributed by atoms with Gasteiger partial charge in [-0.05, 0) is 29.3 Å². The first-order chi connectivity index (χ1) is 7.07. The van der Waals surface area contributed by atoms with Crippen LogP contribution in [0.25, 0.3) is 0 Å². The van der Waals surface area contributed by atoms with E-state index < -0.39 is 0 Å². The predicted molar refractivity (Wildman–Crippen MR) is 65.3 cm³/mol. The Balaban J connectivity index is 2.95. The Kier molecular flexibility index (Phi) is 4.32. The van der Waals surface area contributed by atoms with Crippen LogP contribution in [0.4, 0.5) is 5.82 Å². The highest BCUT2D eigenvalue weighted by Gasteiger charge is 2.14. The minimum atomic E-state index is -0.143. The lowest BCUT2D eigenvalue weighted by Gasteiger charge is -2.25. The first-order valence-electron chi connectivity index (χ1n) is 5.04. The van der Waals surface area contributed by atoms with Gasteiger partial charge in [-0.3, -0.25) is 4.79 Å².